The number of fused-ring (bicyclic) bond motifs is 1. The Morgan fingerprint density at radius 3 is 2.26 bits per heavy atom. The van der Waals surface area contributed by atoms with Crippen molar-refractivity contribution in [1.29, 1.82) is 0 Å². The topological polar surface area (TPSA) is 61.7 Å². The highest BCUT2D eigenvalue weighted by atomic mass is 16.3. The molecule has 122 valence electrons. The number of nitrogens with zero attached hydrogens (tertiary/aromatic N) is 1. The monoisotopic (exact) mass is 312 g/mol. The largest absolute Gasteiger partial charge is 0.506 e. The molecule has 1 aliphatic heterocycles. The number of benzene rings is 1. The second-order valence-electron chi connectivity index (χ2n) is 7.87. The Bertz CT molecular complexity index is 698. The van der Waals surface area contributed by atoms with Gasteiger partial charge in [-0.2, -0.15) is 0 Å². The first-order valence-corrected chi connectivity index (χ1v) is 8.08. The van der Waals surface area contributed by atoms with E-state index < -0.39 is 0 Å². The molecule has 0 unspecified atom stereocenters. The lowest BCUT2D eigenvalue weighted by molar-refractivity contribution is 0.104. The summed E-state index contributed by atoms with van der Waals surface area (Å²) in [4.78, 5) is 17.0. The highest BCUT2D eigenvalue weighted by Gasteiger charge is 2.37. The number of aliphatic hydroxyl groups is 1. The van der Waals surface area contributed by atoms with Crippen LogP contribution in [0.1, 0.15) is 56.5 Å². The van der Waals surface area contributed by atoms with Crippen LogP contribution in [0.5, 0.6) is 0 Å². The van der Waals surface area contributed by atoms with Crippen LogP contribution in [-0.2, 0) is 0 Å². The fourth-order valence-electron chi connectivity index (χ4n) is 3.96. The molecule has 3 rings (SSSR count). The molecule has 0 amide bonds. The summed E-state index contributed by atoms with van der Waals surface area (Å²) in [5.41, 5.74) is 1.47. The molecule has 0 radical (unpaired) electrons. The van der Waals surface area contributed by atoms with Crippen LogP contribution < -0.4 is 5.32 Å². The fraction of sp³-hybridized carbons (Fsp3) is 0.474. The molecule has 2 aliphatic rings. The van der Waals surface area contributed by atoms with Crippen LogP contribution in [0.3, 0.4) is 0 Å². The number of piperidine rings is 1. The second kappa shape index (κ2) is 5.31. The summed E-state index contributed by atoms with van der Waals surface area (Å²) in [6, 6.07) is 7.27. The fourth-order valence-corrected chi connectivity index (χ4v) is 3.96. The Morgan fingerprint density at radius 1 is 1.13 bits per heavy atom. The Labute approximate surface area is 137 Å². The maximum atomic E-state index is 12.4. The number of nitrogens with one attached hydrogen (secondary N) is 1. The van der Waals surface area contributed by atoms with Gasteiger partial charge in [0, 0.05) is 28.4 Å². The third-order valence-corrected chi connectivity index (χ3v) is 4.51. The van der Waals surface area contributed by atoms with Crippen molar-refractivity contribution in [1.82, 2.24) is 5.32 Å². The summed E-state index contributed by atoms with van der Waals surface area (Å²) in [5, 5.41) is 13.9. The van der Waals surface area contributed by atoms with E-state index >= 15 is 0 Å². The molecule has 1 saturated heterocycles. The normalized spacial score (nSPS) is 23.6. The van der Waals surface area contributed by atoms with Crippen molar-refractivity contribution in [3.05, 3.63) is 41.0 Å². The van der Waals surface area contributed by atoms with Gasteiger partial charge in [-0.3, -0.25) is 9.79 Å². The maximum absolute atomic E-state index is 12.4. The second-order valence-corrected chi connectivity index (χ2v) is 7.87. The van der Waals surface area contributed by atoms with E-state index in [9.17, 15) is 9.90 Å². The maximum Gasteiger partial charge on any atom is 0.199 e. The molecule has 0 atom stereocenters. The molecule has 0 spiro atoms. The van der Waals surface area contributed by atoms with Gasteiger partial charge in [-0.15, -0.1) is 0 Å². The molecular weight excluding hydrogens is 288 g/mol. The van der Waals surface area contributed by atoms with E-state index in [1.807, 2.05) is 12.1 Å². The van der Waals surface area contributed by atoms with E-state index in [1.165, 1.54) is 0 Å². The number of carbonyl (C=O) groups is 1. The van der Waals surface area contributed by atoms with Crippen molar-refractivity contribution in [2.45, 2.75) is 57.7 Å². The van der Waals surface area contributed by atoms with E-state index in [0.29, 0.717) is 16.7 Å². The first-order valence-electron chi connectivity index (χ1n) is 8.08. The van der Waals surface area contributed by atoms with Crippen LogP contribution >= 0.6 is 0 Å². The minimum absolute atomic E-state index is 0.00281. The number of ketones is 1. The van der Waals surface area contributed by atoms with Crippen LogP contribution in [0.25, 0.3) is 5.76 Å². The number of hydrogen-bond donors (Lipinski definition) is 2. The van der Waals surface area contributed by atoms with Gasteiger partial charge >= 0.3 is 0 Å². The predicted molar refractivity (Wildman–Crippen MR) is 93.1 cm³/mol. The van der Waals surface area contributed by atoms with Crippen LogP contribution in [0.4, 0.5) is 0 Å². The SMILES string of the molecule is CC1(C)CC(N=CC2=C(O)c3ccccc3C2=O)CC(C)(C)N1. The first kappa shape index (κ1) is 15.9. The molecule has 1 fully saturated rings. The van der Waals surface area contributed by atoms with E-state index in [0.717, 1.165) is 12.8 Å². The van der Waals surface area contributed by atoms with Crippen molar-refractivity contribution >= 4 is 17.8 Å². The lowest BCUT2D eigenvalue weighted by Crippen LogP contribution is -2.58. The summed E-state index contributed by atoms with van der Waals surface area (Å²) < 4.78 is 0. The summed E-state index contributed by atoms with van der Waals surface area (Å²) in [6.45, 7) is 8.68. The number of carbonyl (C=O) groups excluding carboxylic acids is 1. The van der Waals surface area contributed by atoms with E-state index in [1.54, 1.807) is 18.3 Å². The first-order chi connectivity index (χ1) is 10.7. The quantitative estimate of drug-likeness (QED) is 0.821. The van der Waals surface area contributed by atoms with Gasteiger partial charge in [0.1, 0.15) is 5.76 Å². The van der Waals surface area contributed by atoms with Crippen molar-refractivity contribution in [2.75, 3.05) is 0 Å². The number of hydrogen-bond acceptors (Lipinski definition) is 4. The number of rotatable bonds is 2. The summed E-state index contributed by atoms with van der Waals surface area (Å²) in [5.74, 6) is -0.101. The van der Waals surface area contributed by atoms with Crippen molar-refractivity contribution in [3.63, 3.8) is 0 Å². The van der Waals surface area contributed by atoms with Gasteiger partial charge in [0.2, 0.25) is 0 Å². The molecular formula is C19H24N2O2. The summed E-state index contributed by atoms with van der Waals surface area (Å²) in [7, 11) is 0. The van der Waals surface area contributed by atoms with Crippen LogP contribution in [-0.4, -0.2) is 34.2 Å². The molecule has 23 heavy (non-hydrogen) atoms. The zero-order chi connectivity index (χ0) is 16.8. The van der Waals surface area contributed by atoms with Gasteiger partial charge in [-0.1, -0.05) is 24.3 Å². The van der Waals surface area contributed by atoms with Gasteiger partial charge in [-0.25, -0.2) is 0 Å². The summed E-state index contributed by atoms with van der Waals surface area (Å²) >= 11 is 0. The van der Waals surface area contributed by atoms with Gasteiger partial charge in [-0.05, 0) is 40.5 Å². The molecule has 0 saturated carbocycles. The molecule has 1 aliphatic carbocycles. The van der Waals surface area contributed by atoms with Crippen molar-refractivity contribution in [2.24, 2.45) is 4.99 Å². The zero-order valence-corrected chi connectivity index (χ0v) is 14.2. The molecule has 1 aromatic rings. The van der Waals surface area contributed by atoms with Crippen molar-refractivity contribution < 1.29 is 9.90 Å². The Balaban J connectivity index is 1.84. The van der Waals surface area contributed by atoms with Crippen molar-refractivity contribution in [3.8, 4) is 0 Å². The minimum Gasteiger partial charge on any atom is -0.506 e. The highest BCUT2D eigenvalue weighted by molar-refractivity contribution is 6.30. The zero-order valence-electron chi connectivity index (χ0n) is 14.2. The third-order valence-electron chi connectivity index (χ3n) is 4.51. The van der Waals surface area contributed by atoms with Gasteiger partial charge < -0.3 is 10.4 Å². The van der Waals surface area contributed by atoms with E-state index in [-0.39, 0.29) is 28.7 Å². The minimum atomic E-state index is -0.144. The molecule has 0 bridgehead atoms. The number of Topliss-reactive ketones (excluding diaryl/α,β-unsaturated/α-hetero) is 1. The van der Waals surface area contributed by atoms with Crippen LogP contribution in [0, 0.1) is 0 Å². The lowest BCUT2D eigenvalue weighted by atomic mass is 9.80. The van der Waals surface area contributed by atoms with Gasteiger partial charge in [0.15, 0.2) is 5.78 Å². The van der Waals surface area contributed by atoms with Gasteiger partial charge in [0.25, 0.3) is 0 Å². The molecule has 1 heterocycles. The standard InChI is InChI=1S/C19H24N2O2/c1-18(2)9-12(10-19(3,4)21-18)20-11-15-16(22)13-7-5-6-8-14(13)17(15)23/h5-8,11-12,21-22H,9-10H2,1-4H3. The lowest BCUT2D eigenvalue weighted by Gasteiger charge is -2.45. The Hall–Kier alpha value is -1.94. The average Bonchev–Trinajstić information content (AvgIpc) is 2.66. The third kappa shape index (κ3) is 3.08. The predicted octanol–water partition coefficient (Wildman–Crippen LogP) is 3.53. The molecule has 1 aromatic carbocycles. The van der Waals surface area contributed by atoms with E-state index in [4.69, 9.17) is 0 Å². The van der Waals surface area contributed by atoms with Gasteiger partial charge in [0.05, 0.1) is 11.6 Å². The molecule has 4 nitrogen and oxygen atoms in total. The van der Waals surface area contributed by atoms with E-state index in [2.05, 4.69) is 38.0 Å². The van der Waals surface area contributed by atoms with Crippen LogP contribution in [0.2, 0.25) is 0 Å². The average molecular weight is 312 g/mol. The molecule has 2 N–H and O–H groups in total. The molecule has 0 aromatic heterocycles. The number of allylic oxidation sites excluding steroid dienone is 1. The Morgan fingerprint density at radius 2 is 1.70 bits per heavy atom. The smallest absolute Gasteiger partial charge is 0.199 e. The number of aliphatic hydroxyl groups excluding tert-OH is 1. The Kier molecular flexibility index (Phi) is 3.68. The number of aliphatic imine (C=N–C) groups is 1. The van der Waals surface area contributed by atoms with Crippen LogP contribution in [0.15, 0.2) is 34.8 Å². The molecule has 4 heteroatoms. The highest BCUT2D eigenvalue weighted by Crippen LogP contribution is 2.32. The summed E-state index contributed by atoms with van der Waals surface area (Å²) in [6.07, 6.45) is 3.38.